The Hall–Kier alpha value is -1.10. The molecule has 0 radical (unpaired) electrons. The fourth-order valence-corrected chi connectivity index (χ4v) is 3.55. The summed E-state index contributed by atoms with van der Waals surface area (Å²) in [5.41, 5.74) is 0. The van der Waals surface area contributed by atoms with Gasteiger partial charge in [-0.1, -0.05) is 13.3 Å². The molecule has 120 valence electrons. The summed E-state index contributed by atoms with van der Waals surface area (Å²) in [7, 11) is 0. The van der Waals surface area contributed by atoms with E-state index >= 15 is 0 Å². The fourth-order valence-electron chi connectivity index (χ4n) is 3.55. The van der Waals surface area contributed by atoms with Crippen LogP contribution in [-0.4, -0.2) is 59.0 Å². The van der Waals surface area contributed by atoms with Gasteiger partial charge in [-0.2, -0.15) is 0 Å². The lowest BCUT2D eigenvalue weighted by Crippen LogP contribution is -2.48. The molecular formula is C16H28N2O3. The zero-order valence-corrected chi connectivity index (χ0v) is 13.1. The largest absolute Gasteiger partial charge is 0.480 e. The number of aliphatic carboxylic acids is 1. The normalized spacial score (nSPS) is 23.3. The lowest BCUT2D eigenvalue weighted by Gasteiger charge is -2.38. The molecule has 0 bridgehead atoms. The predicted octanol–water partition coefficient (Wildman–Crippen LogP) is 1.96. The van der Waals surface area contributed by atoms with Crippen LogP contribution in [0.25, 0.3) is 0 Å². The number of carboxylic acid groups (broad SMARTS) is 1. The molecule has 2 rings (SSSR count). The number of carbonyl (C=O) groups is 2. The predicted molar refractivity (Wildman–Crippen MR) is 81.1 cm³/mol. The summed E-state index contributed by atoms with van der Waals surface area (Å²) >= 11 is 0. The number of hydrogen-bond donors (Lipinski definition) is 1. The minimum Gasteiger partial charge on any atom is -0.480 e. The first-order valence-electron chi connectivity index (χ1n) is 8.36. The third-order valence-corrected chi connectivity index (χ3v) is 4.84. The van der Waals surface area contributed by atoms with E-state index in [-0.39, 0.29) is 6.04 Å². The maximum Gasteiger partial charge on any atom is 0.320 e. The third kappa shape index (κ3) is 4.43. The molecule has 5 heteroatoms. The molecule has 2 aliphatic heterocycles. The molecule has 1 amide bonds. The van der Waals surface area contributed by atoms with Crippen molar-refractivity contribution in [1.29, 1.82) is 0 Å². The van der Waals surface area contributed by atoms with Crippen molar-refractivity contribution in [3.63, 3.8) is 0 Å². The van der Waals surface area contributed by atoms with Crippen molar-refractivity contribution >= 4 is 11.9 Å². The highest BCUT2D eigenvalue weighted by Gasteiger charge is 2.30. The Morgan fingerprint density at radius 1 is 1.29 bits per heavy atom. The van der Waals surface area contributed by atoms with E-state index in [1.807, 2.05) is 11.8 Å². The van der Waals surface area contributed by atoms with Crippen molar-refractivity contribution in [1.82, 2.24) is 9.80 Å². The number of amides is 1. The van der Waals surface area contributed by atoms with Gasteiger partial charge in [-0.25, -0.2) is 0 Å². The first kappa shape index (κ1) is 16.3. The molecule has 5 nitrogen and oxygen atoms in total. The van der Waals surface area contributed by atoms with Crippen molar-refractivity contribution in [3.05, 3.63) is 0 Å². The summed E-state index contributed by atoms with van der Waals surface area (Å²) in [5, 5.41) is 9.32. The van der Waals surface area contributed by atoms with Crippen molar-refractivity contribution in [2.75, 3.05) is 26.2 Å². The van der Waals surface area contributed by atoms with Gasteiger partial charge in [-0.15, -0.1) is 0 Å². The van der Waals surface area contributed by atoms with Crippen LogP contribution in [0.15, 0.2) is 0 Å². The van der Waals surface area contributed by atoms with Crippen LogP contribution >= 0.6 is 0 Å². The summed E-state index contributed by atoms with van der Waals surface area (Å²) in [6.07, 6.45) is 6.52. The average molecular weight is 296 g/mol. The van der Waals surface area contributed by atoms with Gasteiger partial charge in [-0.05, 0) is 51.1 Å². The second kappa shape index (κ2) is 7.78. The van der Waals surface area contributed by atoms with Crippen molar-refractivity contribution in [2.45, 2.75) is 57.9 Å². The van der Waals surface area contributed by atoms with Crippen molar-refractivity contribution in [2.24, 2.45) is 5.92 Å². The van der Waals surface area contributed by atoms with Crippen LogP contribution < -0.4 is 0 Å². The number of likely N-dealkylation sites (tertiary alicyclic amines) is 2. The van der Waals surface area contributed by atoms with E-state index < -0.39 is 5.97 Å². The first-order valence-corrected chi connectivity index (χ1v) is 8.36. The van der Waals surface area contributed by atoms with Crippen LogP contribution in [0.4, 0.5) is 0 Å². The van der Waals surface area contributed by atoms with Crippen LogP contribution in [0.3, 0.4) is 0 Å². The van der Waals surface area contributed by atoms with E-state index in [1.165, 1.54) is 0 Å². The van der Waals surface area contributed by atoms with Gasteiger partial charge < -0.3 is 10.0 Å². The Kier molecular flexibility index (Phi) is 6.03. The van der Waals surface area contributed by atoms with Gasteiger partial charge in [-0.3, -0.25) is 14.5 Å². The molecule has 0 spiro atoms. The van der Waals surface area contributed by atoms with E-state index in [4.69, 9.17) is 0 Å². The number of hydrogen-bond acceptors (Lipinski definition) is 3. The minimum absolute atomic E-state index is 0.304. The van der Waals surface area contributed by atoms with Gasteiger partial charge in [0.2, 0.25) is 5.91 Å². The molecule has 0 aromatic carbocycles. The molecule has 0 aromatic heterocycles. The molecule has 2 heterocycles. The number of piperidine rings is 2. The second-order valence-corrected chi connectivity index (χ2v) is 6.42. The standard InChI is InChI=1S/C16H28N2O3/c1-2-5-14(16(20)21)17-10-7-13(8-11-17)12-18-9-4-3-6-15(18)19/h13-14H,2-12H2,1H3,(H,20,21). The molecule has 2 fully saturated rings. The molecule has 2 saturated heterocycles. The lowest BCUT2D eigenvalue weighted by atomic mass is 9.93. The third-order valence-electron chi connectivity index (χ3n) is 4.84. The summed E-state index contributed by atoms with van der Waals surface area (Å²) < 4.78 is 0. The lowest BCUT2D eigenvalue weighted by molar-refractivity contribution is -0.144. The summed E-state index contributed by atoms with van der Waals surface area (Å²) in [6, 6.07) is -0.326. The van der Waals surface area contributed by atoms with Crippen LogP contribution in [0.5, 0.6) is 0 Å². The summed E-state index contributed by atoms with van der Waals surface area (Å²) in [5.74, 6) is 0.152. The van der Waals surface area contributed by atoms with Gasteiger partial charge in [0.1, 0.15) is 6.04 Å². The second-order valence-electron chi connectivity index (χ2n) is 6.42. The smallest absolute Gasteiger partial charge is 0.320 e. The topological polar surface area (TPSA) is 60.9 Å². The van der Waals surface area contributed by atoms with Crippen LogP contribution in [0.2, 0.25) is 0 Å². The van der Waals surface area contributed by atoms with Crippen LogP contribution in [0.1, 0.15) is 51.9 Å². The highest BCUT2D eigenvalue weighted by atomic mass is 16.4. The Morgan fingerprint density at radius 3 is 2.57 bits per heavy atom. The highest BCUT2D eigenvalue weighted by Crippen LogP contribution is 2.23. The van der Waals surface area contributed by atoms with E-state index in [9.17, 15) is 14.7 Å². The quantitative estimate of drug-likeness (QED) is 0.814. The Balaban J connectivity index is 1.79. The van der Waals surface area contributed by atoms with Gasteiger partial charge in [0.15, 0.2) is 0 Å². The summed E-state index contributed by atoms with van der Waals surface area (Å²) in [6.45, 7) is 5.52. The first-order chi connectivity index (χ1) is 10.1. The Morgan fingerprint density at radius 2 is 2.00 bits per heavy atom. The molecule has 0 aliphatic carbocycles. The molecule has 0 saturated carbocycles. The van der Waals surface area contributed by atoms with E-state index in [2.05, 4.69) is 4.90 Å². The van der Waals surface area contributed by atoms with Gasteiger partial charge in [0.05, 0.1) is 0 Å². The van der Waals surface area contributed by atoms with Gasteiger partial charge in [0, 0.05) is 19.5 Å². The molecule has 1 unspecified atom stereocenters. The number of carbonyl (C=O) groups excluding carboxylic acids is 1. The van der Waals surface area contributed by atoms with Gasteiger partial charge >= 0.3 is 5.97 Å². The van der Waals surface area contributed by atoms with E-state index in [1.54, 1.807) is 0 Å². The molecule has 2 aliphatic rings. The SMILES string of the molecule is CCCC(C(=O)O)N1CCC(CN2CCCCC2=O)CC1. The van der Waals surface area contributed by atoms with Crippen molar-refractivity contribution < 1.29 is 14.7 Å². The van der Waals surface area contributed by atoms with E-state index in [0.29, 0.717) is 18.2 Å². The average Bonchev–Trinajstić information content (AvgIpc) is 2.48. The molecule has 1 atom stereocenters. The Bertz CT molecular complexity index is 365. The Labute approximate surface area is 127 Å². The monoisotopic (exact) mass is 296 g/mol. The maximum absolute atomic E-state index is 11.9. The van der Waals surface area contributed by atoms with Crippen molar-refractivity contribution in [3.8, 4) is 0 Å². The minimum atomic E-state index is -0.693. The van der Waals surface area contributed by atoms with E-state index in [0.717, 1.165) is 64.7 Å². The molecular weight excluding hydrogens is 268 g/mol. The zero-order valence-electron chi connectivity index (χ0n) is 13.1. The van der Waals surface area contributed by atoms with Gasteiger partial charge in [0.25, 0.3) is 0 Å². The zero-order chi connectivity index (χ0) is 15.2. The maximum atomic E-state index is 11.9. The number of rotatable bonds is 6. The molecule has 1 N–H and O–H groups in total. The highest BCUT2D eigenvalue weighted by molar-refractivity contribution is 5.76. The summed E-state index contributed by atoms with van der Waals surface area (Å²) in [4.78, 5) is 27.3. The van der Waals surface area contributed by atoms with Crippen LogP contribution in [0, 0.1) is 5.92 Å². The fraction of sp³-hybridized carbons (Fsp3) is 0.875. The van der Waals surface area contributed by atoms with Crippen LogP contribution in [-0.2, 0) is 9.59 Å². The molecule has 21 heavy (non-hydrogen) atoms. The molecule has 0 aromatic rings. The number of carboxylic acids is 1. The number of nitrogens with zero attached hydrogens (tertiary/aromatic N) is 2.